The highest BCUT2D eigenvalue weighted by atomic mass is 35.5. The van der Waals surface area contributed by atoms with Crippen molar-refractivity contribution in [1.82, 2.24) is 4.98 Å². The molecule has 0 N–H and O–H groups in total. The Morgan fingerprint density at radius 2 is 1.57 bits per heavy atom. The highest BCUT2D eigenvalue weighted by molar-refractivity contribution is 6.31. The Morgan fingerprint density at radius 1 is 0.905 bits per heavy atom. The second-order valence-electron chi connectivity index (χ2n) is 4.75. The van der Waals surface area contributed by atoms with Crippen LogP contribution in [0.1, 0.15) is 16.1 Å². The second kappa shape index (κ2) is 5.84. The minimum absolute atomic E-state index is 0.0144. The van der Waals surface area contributed by atoms with E-state index in [0.29, 0.717) is 15.6 Å². The third kappa shape index (κ3) is 3.23. The van der Waals surface area contributed by atoms with Gasteiger partial charge in [-0.25, -0.2) is 0 Å². The van der Waals surface area contributed by atoms with Crippen molar-refractivity contribution in [2.75, 3.05) is 0 Å². The van der Waals surface area contributed by atoms with Crippen molar-refractivity contribution in [3.63, 3.8) is 0 Å². The third-order valence-corrected chi connectivity index (χ3v) is 3.71. The predicted molar refractivity (Wildman–Crippen MR) is 86.2 cm³/mol. The number of pyridine rings is 1. The molecule has 0 unspecified atom stereocenters. The lowest BCUT2D eigenvalue weighted by Gasteiger charge is -2.04. The lowest BCUT2D eigenvalue weighted by atomic mass is 10.1. The van der Waals surface area contributed by atoms with Crippen LogP contribution in [0, 0.1) is 0 Å². The number of hydrogen-bond donors (Lipinski definition) is 0. The molecule has 0 spiro atoms. The van der Waals surface area contributed by atoms with Crippen molar-refractivity contribution in [2.45, 2.75) is 6.42 Å². The van der Waals surface area contributed by atoms with Gasteiger partial charge in [0.2, 0.25) is 0 Å². The lowest BCUT2D eigenvalue weighted by molar-refractivity contribution is 0.0992. The van der Waals surface area contributed by atoms with Gasteiger partial charge in [0.25, 0.3) is 0 Å². The summed E-state index contributed by atoms with van der Waals surface area (Å²) in [5.74, 6) is 0.0144. The topological polar surface area (TPSA) is 30.0 Å². The molecule has 0 saturated carbocycles. The van der Waals surface area contributed by atoms with Crippen LogP contribution in [0.4, 0.5) is 0 Å². The molecule has 1 heterocycles. The van der Waals surface area contributed by atoms with Crippen molar-refractivity contribution in [2.24, 2.45) is 0 Å². The number of ketones is 1. The number of hydrogen-bond acceptors (Lipinski definition) is 2. The molecular weight excluding hydrogens is 305 g/mol. The van der Waals surface area contributed by atoms with Crippen LogP contribution in [0.25, 0.3) is 10.9 Å². The Bertz CT molecular complexity index is 813. The summed E-state index contributed by atoms with van der Waals surface area (Å²) < 4.78 is 0. The number of nitrogens with zero attached hydrogens (tertiary/aromatic N) is 1. The highest BCUT2D eigenvalue weighted by Gasteiger charge is 2.08. The molecule has 3 aromatic rings. The van der Waals surface area contributed by atoms with E-state index in [0.717, 1.165) is 16.6 Å². The first-order valence-electron chi connectivity index (χ1n) is 6.46. The molecule has 4 heteroatoms. The number of benzene rings is 2. The third-order valence-electron chi connectivity index (χ3n) is 3.22. The number of fused-ring (bicyclic) bond motifs is 1. The maximum atomic E-state index is 12.2. The maximum Gasteiger partial charge on any atom is 0.168 e. The number of aromatic nitrogens is 1. The van der Waals surface area contributed by atoms with Crippen LogP contribution in [0.3, 0.4) is 0 Å². The summed E-state index contributed by atoms with van der Waals surface area (Å²) in [5, 5.41) is 2.25. The largest absolute Gasteiger partial charge is 0.294 e. The number of Topliss-reactive ketones (excluding diaryl/α,β-unsaturated/α-hetero) is 1. The molecule has 0 aliphatic heterocycles. The van der Waals surface area contributed by atoms with Crippen LogP contribution in [0.15, 0.2) is 54.6 Å². The molecule has 0 atom stereocenters. The maximum absolute atomic E-state index is 12.2. The quantitative estimate of drug-likeness (QED) is 0.639. The Labute approximate surface area is 132 Å². The molecule has 1 aromatic heterocycles. The lowest BCUT2D eigenvalue weighted by Crippen LogP contribution is -2.05. The van der Waals surface area contributed by atoms with E-state index in [4.69, 9.17) is 23.2 Å². The molecule has 0 saturated heterocycles. The summed E-state index contributed by atoms with van der Waals surface area (Å²) in [5.41, 5.74) is 2.15. The van der Waals surface area contributed by atoms with Crippen molar-refractivity contribution in [3.05, 3.63) is 75.9 Å². The van der Waals surface area contributed by atoms with Crippen LogP contribution < -0.4 is 0 Å². The molecule has 2 aromatic carbocycles. The molecule has 104 valence electrons. The Morgan fingerprint density at radius 3 is 2.33 bits per heavy atom. The van der Waals surface area contributed by atoms with Crippen molar-refractivity contribution in [3.8, 4) is 0 Å². The van der Waals surface area contributed by atoms with Crippen molar-refractivity contribution >= 4 is 39.9 Å². The van der Waals surface area contributed by atoms with E-state index in [1.54, 1.807) is 30.3 Å². The van der Waals surface area contributed by atoms with E-state index < -0.39 is 0 Å². The summed E-state index contributed by atoms with van der Waals surface area (Å²) >= 11 is 11.8. The van der Waals surface area contributed by atoms with Gasteiger partial charge in [-0.05, 0) is 42.5 Å². The van der Waals surface area contributed by atoms with E-state index in [1.807, 2.05) is 24.3 Å². The first-order valence-corrected chi connectivity index (χ1v) is 7.21. The molecular formula is C17H11Cl2NO. The van der Waals surface area contributed by atoms with E-state index in [1.165, 1.54) is 0 Å². The second-order valence-corrected chi connectivity index (χ2v) is 5.62. The summed E-state index contributed by atoms with van der Waals surface area (Å²) in [4.78, 5) is 16.7. The molecule has 0 aliphatic carbocycles. The first kappa shape index (κ1) is 14.1. The first-order chi connectivity index (χ1) is 10.1. The van der Waals surface area contributed by atoms with Crippen LogP contribution in [0.5, 0.6) is 0 Å². The predicted octanol–water partition coefficient (Wildman–Crippen LogP) is 4.97. The fourth-order valence-electron chi connectivity index (χ4n) is 2.13. The van der Waals surface area contributed by atoms with Gasteiger partial charge in [0, 0.05) is 26.7 Å². The fourth-order valence-corrected chi connectivity index (χ4v) is 2.43. The Balaban J connectivity index is 1.87. The van der Waals surface area contributed by atoms with E-state index >= 15 is 0 Å². The van der Waals surface area contributed by atoms with Crippen molar-refractivity contribution in [1.29, 1.82) is 0 Å². The monoisotopic (exact) mass is 315 g/mol. The molecule has 0 radical (unpaired) electrons. The van der Waals surface area contributed by atoms with E-state index in [2.05, 4.69) is 4.98 Å². The molecule has 0 fully saturated rings. The van der Waals surface area contributed by atoms with E-state index in [9.17, 15) is 4.79 Å². The minimum Gasteiger partial charge on any atom is -0.294 e. The molecule has 0 bridgehead atoms. The van der Waals surface area contributed by atoms with Gasteiger partial charge < -0.3 is 0 Å². The van der Waals surface area contributed by atoms with Gasteiger partial charge in [-0.1, -0.05) is 35.3 Å². The van der Waals surface area contributed by atoms with E-state index in [-0.39, 0.29) is 12.2 Å². The Hall–Kier alpha value is -1.90. The number of carbonyl (C=O) groups excluding carboxylic acids is 1. The van der Waals surface area contributed by atoms with Gasteiger partial charge in [0.1, 0.15) is 0 Å². The van der Waals surface area contributed by atoms with Gasteiger partial charge in [-0.3, -0.25) is 9.78 Å². The molecule has 2 nitrogen and oxygen atoms in total. The standard InChI is InChI=1S/C17H11Cl2NO/c18-13-5-2-12(3-6-13)17(21)10-15-8-4-11-1-7-14(19)9-16(11)20-15/h1-9H,10H2. The average Bonchev–Trinajstić information content (AvgIpc) is 2.47. The Kier molecular flexibility index (Phi) is 3.91. The minimum atomic E-state index is 0.0144. The zero-order chi connectivity index (χ0) is 14.8. The number of carbonyl (C=O) groups is 1. The molecule has 0 aliphatic rings. The molecule has 0 amide bonds. The van der Waals surface area contributed by atoms with Gasteiger partial charge in [-0.2, -0.15) is 0 Å². The summed E-state index contributed by atoms with van der Waals surface area (Å²) in [6.45, 7) is 0. The smallest absolute Gasteiger partial charge is 0.168 e. The normalized spacial score (nSPS) is 10.8. The zero-order valence-corrected chi connectivity index (χ0v) is 12.5. The summed E-state index contributed by atoms with van der Waals surface area (Å²) in [6.07, 6.45) is 0.254. The van der Waals surface area contributed by atoms with Gasteiger partial charge in [0.05, 0.1) is 11.9 Å². The number of halogens is 2. The van der Waals surface area contributed by atoms with Gasteiger partial charge >= 0.3 is 0 Å². The zero-order valence-electron chi connectivity index (χ0n) is 11.0. The van der Waals surface area contributed by atoms with Crippen LogP contribution in [-0.4, -0.2) is 10.8 Å². The summed E-state index contributed by atoms with van der Waals surface area (Å²) in [6, 6.07) is 16.2. The number of rotatable bonds is 3. The highest BCUT2D eigenvalue weighted by Crippen LogP contribution is 2.19. The summed E-state index contributed by atoms with van der Waals surface area (Å²) in [7, 11) is 0. The van der Waals surface area contributed by atoms with Crippen LogP contribution in [0.2, 0.25) is 10.0 Å². The SMILES string of the molecule is O=C(Cc1ccc2ccc(Cl)cc2n1)c1ccc(Cl)cc1. The van der Waals surface area contributed by atoms with Crippen LogP contribution in [-0.2, 0) is 6.42 Å². The molecule has 3 rings (SSSR count). The fraction of sp³-hybridized carbons (Fsp3) is 0.0588. The van der Waals surface area contributed by atoms with Gasteiger partial charge in [0.15, 0.2) is 5.78 Å². The molecule has 21 heavy (non-hydrogen) atoms. The van der Waals surface area contributed by atoms with Crippen LogP contribution >= 0.6 is 23.2 Å². The van der Waals surface area contributed by atoms with Crippen molar-refractivity contribution < 1.29 is 4.79 Å². The van der Waals surface area contributed by atoms with Gasteiger partial charge in [-0.15, -0.1) is 0 Å². The average molecular weight is 316 g/mol.